The van der Waals surface area contributed by atoms with Gasteiger partial charge in [0.1, 0.15) is 0 Å². The van der Waals surface area contributed by atoms with Gasteiger partial charge in [-0.05, 0) is 48.9 Å². The van der Waals surface area contributed by atoms with Crippen molar-refractivity contribution in [3.63, 3.8) is 0 Å². The third kappa shape index (κ3) is 3.60. The molecule has 0 fully saturated rings. The number of fused-ring (bicyclic) bond motifs is 1. The molecule has 0 saturated heterocycles. The van der Waals surface area contributed by atoms with Crippen molar-refractivity contribution >= 4 is 11.6 Å². The zero-order valence-corrected chi connectivity index (χ0v) is 15.6. The molecule has 0 atom stereocenters. The fourth-order valence-electron chi connectivity index (χ4n) is 3.19. The average molecular weight is 356 g/mol. The molecule has 6 nitrogen and oxygen atoms in total. The highest BCUT2D eigenvalue weighted by molar-refractivity contribution is 6.05. The molecule has 0 unspecified atom stereocenters. The first-order valence-electron chi connectivity index (χ1n) is 8.47. The summed E-state index contributed by atoms with van der Waals surface area (Å²) in [6.07, 6.45) is 1.03. The molecule has 0 bridgehead atoms. The molecule has 1 N–H and O–H groups in total. The van der Waals surface area contributed by atoms with E-state index in [1.54, 1.807) is 12.1 Å². The maximum absolute atomic E-state index is 12.7. The van der Waals surface area contributed by atoms with Gasteiger partial charge in [-0.2, -0.15) is 0 Å². The van der Waals surface area contributed by atoms with Crippen LogP contribution >= 0.6 is 0 Å². The van der Waals surface area contributed by atoms with Crippen molar-refractivity contribution in [2.24, 2.45) is 0 Å². The monoisotopic (exact) mass is 356 g/mol. The summed E-state index contributed by atoms with van der Waals surface area (Å²) in [5.74, 6) is 1.13. The normalized spacial score (nSPS) is 13.7. The molecule has 1 heterocycles. The van der Waals surface area contributed by atoms with Gasteiger partial charge in [0.2, 0.25) is 5.75 Å². The van der Waals surface area contributed by atoms with Crippen LogP contribution in [-0.4, -0.2) is 45.7 Å². The van der Waals surface area contributed by atoms with Gasteiger partial charge in [-0.1, -0.05) is 6.07 Å². The number of likely N-dealkylation sites (N-methyl/N-ethyl adjacent to an activating group) is 1. The van der Waals surface area contributed by atoms with E-state index < -0.39 is 0 Å². The number of rotatable bonds is 5. The van der Waals surface area contributed by atoms with E-state index in [0.29, 0.717) is 22.8 Å². The zero-order chi connectivity index (χ0) is 18.7. The quantitative estimate of drug-likeness (QED) is 0.893. The van der Waals surface area contributed by atoms with Crippen LogP contribution in [0.15, 0.2) is 30.3 Å². The van der Waals surface area contributed by atoms with Crippen molar-refractivity contribution in [3.05, 3.63) is 47.0 Å². The molecular formula is C20H24N2O4. The Morgan fingerprint density at radius 3 is 2.31 bits per heavy atom. The maximum atomic E-state index is 12.7. The minimum atomic E-state index is -0.228. The maximum Gasteiger partial charge on any atom is 0.255 e. The number of nitrogens with zero attached hydrogens (tertiary/aromatic N) is 1. The number of hydrogen-bond donors (Lipinski definition) is 1. The standard InChI is InChI=1S/C20H24N2O4/c1-22-8-7-13-5-6-16(9-15(13)12-22)21-20(23)14-10-17(24-2)19(26-4)18(11-14)25-3/h5-6,9-11H,7-8,12H2,1-4H3,(H,21,23). The van der Waals surface area contributed by atoms with Crippen molar-refractivity contribution in [1.82, 2.24) is 4.90 Å². The molecule has 1 aliphatic heterocycles. The minimum absolute atomic E-state index is 0.228. The lowest BCUT2D eigenvalue weighted by Crippen LogP contribution is -2.26. The summed E-state index contributed by atoms with van der Waals surface area (Å²) in [5, 5.41) is 2.95. The van der Waals surface area contributed by atoms with Crippen molar-refractivity contribution in [3.8, 4) is 17.2 Å². The molecule has 1 aliphatic rings. The second kappa shape index (κ2) is 7.66. The van der Waals surface area contributed by atoms with Gasteiger partial charge in [0, 0.05) is 24.3 Å². The fourth-order valence-corrected chi connectivity index (χ4v) is 3.19. The van der Waals surface area contributed by atoms with Crippen LogP contribution in [0.5, 0.6) is 17.2 Å². The Bertz CT molecular complexity index is 794. The number of methoxy groups -OCH3 is 3. The van der Waals surface area contributed by atoms with Gasteiger partial charge in [0.05, 0.1) is 21.3 Å². The molecule has 0 aromatic heterocycles. The summed E-state index contributed by atoms with van der Waals surface area (Å²) < 4.78 is 15.9. The van der Waals surface area contributed by atoms with E-state index in [1.807, 2.05) is 12.1 Å². The largest absolute Gasteiger partial charge is 0.493 e. The summed E-state index contributed by atoms with van der Waals surface area (Å²) in [4.78, 5) is 15.0. The van der Waals surface area contributed by atoms with Crippen LogP contribution in [0.25, 0.3) is 0 Å². The Kier molecular flexibility index (Phi) is 5.32. The van der Waals surface area contributed by atoms with Crippen molar-refractivity contribution in [1.29, 1.82) is 0 Å². The van der Waals surface area contributed by atoms with Crippen LogP contribution in [-0.2, 0) is 13.0 Å². The second-order valence-corrected chi connectivity index (χ2v) is 6.34. The molecule has 1 amide bonds. The van der Waals surface area contributed by atoms with E-state index >= 15 is 0 Å². The molecule has 0 radical (unpaired) electrons. The molecule has 0 aliphatic carbocycles. The van der Waals surface area contributed by atoms with Gasteiger partial charge in [0.25, 0.3) is 5.91 Å². The Balaban J connectivity index is 1.85. The Morgan fingerprint density at radius 1 is 1.00 bits per heavy atom. The molecule has 0 saturated carbocycles. The van der Waals surface area contributed by atoms with Crippen molar-refractivity contribution in [2.75, 3.05) is 40.2 Å². The lowest BCUT2D eigenvalue weighted by molar-refractivity contribution is 0.102. The summed E-state index contributed by atoms with van der Waals surface area (Å²) in [6.45, 7) is 1.95. The van der Waals surface area contributed by atoms with Crippen LogP contribution in [0, 0.1) is 0 Å². The molecule has 2 aromatic rings. The molecule has 26 heavy (non-hydrogen) atoms. The molecule has 3 rings (SSSR count). The van der Waals surface area contributed by atoms with Gasteiger partial charge in [-0.25, -0.2) is 0 Å². The summed E-state index contributed by atoms with van der Waals surface area (Å²) in [5.41, 5.74) is 3.81. The van der Waals surface area contributed by atoms with E-state index in [4.69, 9.17) is 14.2 Å². The molecule has 2 aromatic carbocycles. The lowest BCUT2D eigenvalue weighted by Gasteiger charge is -2.25. The number of carbonyl (C=O) groups is 1. The van der Waals surface area contributed by atoms with Crippen LogP contribution in [0.2, 0.25) is 0 Å². The predicted molar refractivity (Wildman–Crippen MR) is 101 cm³/mol. The Hall–Kier alpha value is -2.73. The van der Waals surface area contributed by atoms with E-state index in [1.165, 1.54) is 32.5 Å². The van der Waals surface area contributed by atoms with Gasteiger partial charge >= 0.3 is 0 Å². The highest BCUT2D eigenvalue weighted by Gasteiger charge is 2.18. The Labute approximate surface area is 153 Å². The minimum Gasteiger partial charge on any atom is -0.493 e. The molecule has 0 spiro atoms. The van der Waals surface area contributed by atoms with E-state index in [0.717, 1.165) is 25.2 Å². The van der Waals surface area contributed by atoms with Gasteiger partial charge in [-0.15, -0.1) is 0 Å². The molecule has 138 valence electrons. The topological polar surface area (TPSA) is 60.0 Å². The second-order valence-electron chi connectivity index (χ2n) is 6.34. The van der Waals surface area contributed by atoms with E-state index in [-0.39, 0.29) is 5.91 Å². The number of amides is 1. The van der Waals surface area contributed by atoms with Crippen molar-refractivity contribution in [2.45, 2.75) is 13.0 Å². The third-order valence-corrected chi connectivity index (χ3v) is 4.59. The summed E-state index contributed by atoms with van der Waals surface area (Å²) >= 11 is 0. The van der Waals surface area contributed by atoms with E-state index in [2.05, 4.69) is 23.3 Å². The first-order valence-corrected chi connectivity index (χ1v) is 8.47. The number of carbonyl (C=O) groups excluding carboxylic acids is 1. The van der Waals surface area contributed by atoms with Crippen molar-refractivity contribution < 1.29 is 19.0 Å². The highest BCUT2D eigenvalue weighted by Crippen LogP contribution is 2.38. The first kappa shape index (κ1) is 18.1. The highest BCUT2D eigenvalue weighted by atomic mass is 16.5. The van der Waals surface area contributed by atoms with Gasteiger partial charge < -0.3 is 24.4 Å². The van der Waals surface area contributed by atoms with Gasteiger partial charge in [-0.3, -0.25) is 4.79 Å². The summed E-state index contributed by atoms with van der Waals surface area (Å²) in [6, 6.07) is 9.36. The first-order chi connectivity index (χ1) is 12.5. The van der Waals surface area contributed by atoms with Gasteiger partial charge in [0.15, 0.2) is 11.5 Å². The predicted octanol–water partition coefficient (Wildman–Crippen LogP) is 2.95. The van der Waals surface area contributed by atoms with Crippen LogP contribution < -0.4 is 19.5 Å². The summed E-state index contributed by atoms with van der Waals surface area (Å²) in [7, 11) is 6.69. The number of ether oxygens (including phenoxy) is 3. The zero-order valence-electron chi connectivity index (χ0n) is 15.6. The molecule has 6 heteroatoms. The van der Waals surface area contributed by atoms with Crippen LogP contribution in [0.1, 0.15) is 21.5 Å². The number of nitrogens with one attached hydrogen (secondary N) is 1. The SMILES string of the molecule is COc1cc(C(=O)Nc2ccc3c(c2)CN(C)CC3)cc(OC)c1OC. The fraction of sp³-hybridized carbons (Fsp3) is 0.350. The lowest BCUT2D eigenvalue weighted by atomic mass is 9.99. The number of benzene rings is 2. The smallest absolute Gasteiger partial charge is 0.255 e. The van der Waals surface area contributed by atoms with Crippen LogP contribution in [0.3, 0.4) is 0 Å². The number of anilines is 1. The van der Waals surface area contributed by atoms with E-state index in [9.17, 15) is 4.79 Å². The van der Waals surface area contributed by atoms with Crippen LogP contribution in [0.4, 0.5) is 5.69 Å². The Morgan fingerprint density at radius 2 is 1.69 bits per heavy atom. The third-order valence-electron chi connectivity index (χ3n) is 4.59. The average Bonchev–Trinajstić information content (AvgIpc) is 2.66. The molecular weight excluding hydrogens is 332 g/mol. The number of hydrogen-bond acceptors (Lipinski definition) is 5.